The maximum Gasteiger partial charge on any atom is 0.158 e. The summed E-state index contributed by atoms with van der Waals surface area (Å²) in [4.78, 5) is 11.5. The number of thiophene rings is 1. The molecule has 2 rings (SSSR count). The summed E-state index contributed by atoms with van der Waals surface area (Å²) in [7, 11) is 1.85. The molecule has 2 N–H and O–H groups in total. The number of nitrogens with zero attached hydrogens (tertiary/aromatic N) is 2. The third kappa shape index (κ3) is 4.41. The SMILES string of the molecule is CCOCc1nc(NC)cc(NC(C)c2ccc(C)s2)n1. The fraction of sp³-hybridized carbons (Fsp3) is 0.467. The Morgan fingerprint density at radius 3 is 2.67 bits per heavy atom. The summed E-state index contributed by atoms with van der Waals surface area (Å²) >= 11 is 1.80. The van der Waals surface area contributed by atoms with Crippen LogP contribution < -0.4 is 10.6 Å². The molecule has 0 saturated heterocycles. The Morgan fingerprint density at radius 1 is 1.29 bits per heavy atom. The molecule has 5 nitrogen and oxygen atoms in total. The number of anilines is 2. The van der Waals surface area contributed by atoms with Crippen LogP contribution in [0.3, 0.4) is 0 Å². The molecular weight excluding hydrogens is 284 g/mol. The first-order valence-electron chi connectivity index (χ1n) is 7.08. The third-order valence-electron chi connectivity index (χ3n) is 3.02. The van der Waals surface area contributed by atoms with E-state index >= 15 is 0 Å². The minimum atomic E-state index is 0.211. The predicted molar refractivity (Wildman–Crippen MR) is 88.0 cm³/mol. The van der Waals surface area contributed by atoms with E-state index in [1.54, 1.807) is 11.3 Å². The largest absolute Gasteiger partial charge is 0.374 e. The number of aromatic nitrogens is 2. The molecule has 2 heterocycles. The van der Waals surface area contributed by atoms with Crippen LogP contribution >= 0.6 is 11.3 Å². The van der Waals surface area contributed by atoms with Gasteiger partial charge >= 0.3 is 0 Å². The van der Waals surface area contributed by atoms with Crippen molar-refractivity contribution in [2.45, 2.75) is 33.4 Å². The van der Waals surface area contributed by atoms with Crippen LogP contribution in [0.25, 0.3) is 0 Å². The van der Waals surface area contributed by atoms with Gasteiger partial charge in [0.15, 0.2) is 5.82 Å². The molecule has 0 aromatic carbocycles. The molecule has 0 saturated carbocycles. The van der Waals surface area contributed by atoms with E-state index < -0.39 is 0 Å². The molecule has 0 radical (unpaired) electrons. The van der Waals surface area contributed by atoms with Crippen molar-refractivity contribution in [3.63, 3.8) is 0 Å². The van der Waals surface area contributed by atoms with Gasteiger partial charge < -0.3 is 15.4 Å². The van der Waals surface area contributed by atoms with Gasteiger partial charge in [0.25, 0.3) is 0 Å². The number of ether oxygens (including phenoxy) is 1. The lowest BCUT2D eigenvalue weighted by Gasteiger charge is -2.14. The van der Waals surface area contributed by atoms with Crippen LogP contribution in [0, 0.1) is 6.92 Å². The zero-order valence-electron chi connectivity index (χ0n) is 12.9. The predicted octanol–water partition coefficient (Wildman–Crippen LogP) is 3.60. The quantitative estimate of drug-likeness (QED) is 0.818. The van der Waals surface area contributed by atoms with E-state index in [0.29, 0.717) is 19.0 Å². The van der Waals surface area contributed by atoms with Gasteiger partial charge in [-0.05, 0) is 32.9 Å². The molecule has 2 aromatic heterocycles. The number of nitrogens with one attached hydrogen (secondary N) is 2. The number of hydrogen-bond acceptors (Lipinski definition) is 6. The Balaban J connectivity index is 2.14. The van der Waals surface area contributed by atoms with Crippen molar-refractivity contribution in [3.8, 4) is 0 Å². The minimum Gasteiger partial charge on any atom is -0.374 e. The summed E-state index contributed by atoms with van der Waals surface area (Å²) in [6.45, 7) is 7.29. The Kier molecular flexibility index (Phi) is 5.52. The maximum absolute atomic E-state index is 5.39. The van der Waals surface area contributed by atoms with E-state index in [1.165, 1.54) is 9.75 Å². The second-order valence-corrected chi connectivity index (χ2v) is 6.08. The molecule has 6 heteroatoms. The summed E-state index contributed by atoms with van der Waals surface area (Å²) in [5, 5.41) is 6.48. The van der Waals surface area contributed by atoms with E-state index in [2.05, 4.69) is 46.6 Å². The van der Waals surface area contributed by atoms with Crippen molar-refractivity contribution in [1.82, 2.24) is 9.97 Å². The highest BCUT2D eigenvalue weighted by Gasteiger charge is 2.10. The molecule has 0 aliphatic heterocycles. The van der Waals surface area contributed by atoms with Crippen molar-refractivity contribution in [2.75, 3.05) is 24.3 Å². The molecule has 1 unspecified atom stereocenters. The van der Waals surface area contributed by atoms with E-state index in [4.69, 9.17) is 4.74 Å². The average molecular weight is 306 g/mol. The highest BCUT2D eigenvalue weighted by Crippen LogP contribution is 2.25. The van der Waals surface area contributed by atoms with Crippen LogP contribution in [0.5, 0.6) is 0 Å². The van der Waals surface area contributed by atoms with Crippen LogP contribution in [0.15, 0.2) is 18.2 Å². The lowest BCUT2D eigenvalue weighted by molar-refractivity contribution is 0.128. The summed E-state index contributed by atoms with van der Waals surface area (Å²) < 4.78 is 5.39. The highest BCUT2D eigenvalue weighted by atomic mass is 32.1. The molecular formula is C15H22N4OS. The Morgan fingerprint density at radius 2 is 2.05 bits per heavy atom. The first kappa shape index (κ1) is 15.7. The molecule has 0 amide bonds. The Hall–Kier alpha value is -1.66. The van der Waals surface area contributed by atoms with Gasteiger partial charge in [0.1, 0.15) is 18.2 Å². The minimum absolute atomic E-state index is 0.211. The number of hydrogen-bond donors (Lipinski definition) is 2. The normalized spacial score (nSPS) is 12.2. The third-order valence-corrected chi connectivity index (χ3v) is 4.20. The van der Waals surface area contributed by atoms with Gasteiger partial charge in [-0.15, -0.1) is 11.3 Å². The van der Waals surface area contributed by atoms with Gasteiger partial charge in [-0.25, -0.2) is 9.97 Å². The molecule has 0 aliphatic rings. The van der Waals surface area contributed by atoms with E-state index in [0.717, 1.165) is 11.6 Å². The molecule has 0 fully saturated rings. The molecule has 0 bridgehead atoms. The fourth-order valence-electron chi connectivity index (χ4n) is 1.94. The monoisotopic (exact) mass is 306 g/mol. The standard InChI is InChI=1S/C15H22N4OS/c1-5-20-9-15-18-13(16-4)8-14(19-15)17-11(3)12-7-6-10(2)21-12/h6-8,11H,5,9H2,1-4H3,(H2,16,17,18,19). The Bertz CT molecular complexity index is 585. The van der Waals surface area contributed by atoms with E-state index in [-0.39, 0.29) is 6.04 Å². The average Bonchev–Trinajstić information content (AvgIpc) is 2.91. The van der Waals surface area contributed by atoms with Crippen molar-refractivity contribution in [2.24, 2.45) is 0 Å². The van der Waals surface area contributed by atoms with Crippen LogP contribution in [0.2, 0.25) is 0 Å². The molecule has 0 aliphatic carbocycles. The summed E-state index contributed by atoms with van der Waals surface area (Å²) in [5.74, 6) is 2.28. The first-order valence-corrected chi connectivity index (χ1v) is 7.90. The molecule has 0 spiro atoms. The van der Waals surface area contributed by atoms with Crippen molar-refractivity contribution >= 4 is 23.0 Å². The first-order chi connectivity index (χ1) is 10.1. The molecule has 114 valence electrons. The van der Waals surface area contributed by atoms with Crippen LogP contribution in [0.1, 0.15) is 35.5 Å². The fourth-order valence-corrected chi connectivity index (χ4v) is 2.82. The van der Waals surface area contributed by atoms with Gasteiger partial charge in [0.2, 0.25) is 0 Å². The molecule has 21 heavy (non-hydrogen) atoms. The van der Waals surface area contributed by atoms with Gasteiger partial charge in [-0.3, -0.25) is 0 Å². The zero-order chi connectivity index (χ0) is 15.2. The van der Waals surface area contributed by atoms with Crippen LogP contribution in [-0.2, 0) is 11.3 Å². The second-order valence-electron chi connectivity index (χ2n) is 4.76. The van der Waals surface area contributed by atoms with E-state index in [9.17, 15) is 0 Å². The van der Waals surface area contributed by atoms with E-state index in [1.807, 2.05) is 20.0 Å². The molecule has 2 aromatic rings. The van der Waals surface area contributed by atoms with Gasteiger partial charge in [-0.2, -0.15) is 0 Å². The highest BCUT2D eigenvalue weighted by molar-refractivity contribution is 7.12. The Labute approximate surface area is 129 Å². The summed E-state index contributed by atoms with van der Waals surface area (Å²) in [6, 6.07) is 6.41. The van der Waals surface area contributed by atoms with Gasteiger partial charge in [0, 0.05) is 29.5 Å². The van der Waals surface area contributed by atoms with Crippen LogP contribution in [-0.4, -0.2) is 23.6 Å². The topological polar surface area (TPSA) is 59.1 Å². The maximum atomic E-state index is 5.39. The van der Waals surface area contributed by atoms with Gasteiger partial charge in [-0.1, -0.05) is 0 Å². The zero-order valence-corrected chi connectivity index (χ0v) is 13.8. The second kappa shape index (κ2) is 7.38. The van der Waals surface area contributed by atoms with Crippen molar-refractivity contribution in [3.05, 3.63) is 33.8 Å². The lowest BCUT2D eigenvalue weighted by atomic mass is 10.2. The number of aryl methyl sites for hydroxylation is 1. The summed E-state index contributed by atoms with van der Waals surface area (Å²) in [6.07, 6.45) is 0. The summed E-state index contributed by atoms with van der Waals surface area (Å²) in [5.41, 5.74) is 0. The molecule has 1 atom stereocenters. The van der Waals surface area contributed by atoms with Crippen molar-refractivity contribution in [1.29, 1.82) is 0 Å². The van der Waals surface area contributed by atoms with Crippen molar-refractivity contribution < 1.29 is 4.74 Å². The lowest BCUT2D eigenvalue weighted by Crippen LogP contribution is -2.10. The number of rotatable bonds is 7. The smallest absolute Gasteiger partial charge is 0.158 e. The van der Waals surface area contributed by atoms with Crippen LogP contribution in [0.4, 0.5) is 11.6 Å². The van der Waals surface area contributed by atoms with Gasteiger partial charge in [0.05, 0.1) is 6.04 Å².